The maximum atomic E-state index is 12.6. The van der Waals surface area contributed by atoms with Crippen LogP contribution in [0.15, 0.2) is 49.3 Å². The van der Waals surface area contributed by atoms with Crippen LogP contribution < -0.4 is 30.3 Å². The molecule has 12 heteroatoms. The molecular weight excluding hydrogens is 570 g/mol. The van der Waals surface area contributed by atoms with E-state index in [9.17, 15) is 9.59 Å². The standard InChI is InChI=1S/C31H36ClN7O4/c1-5-27(40)36-25-15-23(39-10-8-38(3)9-11-39)12-19(2)29(25)37-31-33-16-24(17-34-31)43-18-21-13-20(14-26(42-4)28(21)32)30(41)35-22-6-7-22/h5,12-17,22H,1,6-11,18H2,2-4H3,(H,35,41)(H,36,40)(H,33,34,37). The number of nitrogens with zero attached hydrogens (tertiary/aromatic N) is 4. The number of amides is 2. The Balaban J connectivity index is 1.30. The summed E-state index contributed by atoms with van der Waals surface area (Å²) in [5, 5.41) is 9.49. The molecule has 43 heavy (non-hydrogen) atoms. The molecule has 1 saturated carbocycles. The van der Waals surface area contributed by atoms with Crippen molar-refractivity contribution in [2.45, 2.75) is 32.4 Å². The first-order valence-electron chi connectivity index (χ1n) is 14.1. The summed E-state index contributed by atoms with van der Waals surface area (Å²) in [6, 6.07) is 7.60. The molecule has 0 bridgehead atoms. The number of likely N-dealkylation sites (N-methyl/N-ethyl adjacent to an activating group) is 1. The van der Waals surface area contributed by atoms with Crippen molar-refractivity contribution in [2.75, 3.05) is 55.9 Å². The molecule has 2 aliphatic rings. The van der Waals surface area contributed by atoms with E-state index in [1.807, 2.05) is 13.0 Å². The Bertz CT molecular complexity index is 1500. The van der Waals surface area contributed by atoms with Gasteiger partial charge in [0.1, 0.15) is 12.4 Å². The number of methoxy groups -OCH3 is 1. The highest BCUT2D eigenvalue weighted by Crippen LogP contribution is 2.35. The maximum absolute atomic E-state index is 12.6. The number of hydrogen-bond donors (Lipinski definition) is 3. The Morgan fingerprint density at radius 3 is 2.49 bits per heavy atom. The number of aryl methyl sites for hydroxylation is 1. The predicted molar refractivity (Wildman–Crippen MR) is 168 cm³/mol. The molecule has 1 saturated heterocycles. The Hall–Kier alpha value is -4.35. The minimum absolute atomic E-state index is 0.0838. The van der Waals surface area contributed by atoms with E-state index < -0.39 is 0 Å². The van der Waals surface area contributed by atoms with Crippen LogP contribution in [-0.4, -0.2) is 73.1 Å². The molecule has 226 valence electrons. The SMILES string of the molecule is C=CC(=O)Nc1cc(N2CCN(C)CC2)cc(C)c1Nc1ncc(OCc2cc(C(=O)NC3CC3)cc(OC)c2Cl)cn1. The number of piperazine rings is 1. The topological polar surface area (TPSA) is 121 Å². The van der Waals surface area contributed by atoms with E-state index in [0.717, 1.165) is 50.3 Å². The third-order valence-electron chi connectivity index (χ3n) is 7.40. The number of halogens is 1. The Kier molecular flexibility index (Phi) is 9.32. The van der Waals surface area contributed by atoms with Crippen LogP contribution in [0.3, 0.4) is 0 Å². The van der Waals surface area contributed by atoms with Gasteiger partial charge in [-0.3, -0.25) is 9.59 Å². The van der Waals surface area contributed by atoms with E-state index in [4.69, 9.17) is 21.1 Å². The lowest BCUT2D eigenvalue weighted by Crippen LogP contribution is -2.44. The third-order valence-corrected chi connectivity index (χ3v) is 7.83. The van der Waals surface area contributed by atoms with Crippen molar-refractivity contribution in [3.05, 3.63) is 71.0 Å². The predicted octanol–water partition coefficient (Wildman–Crippen LogP) is 4.54. The van der Waals surface area contributed by atoms with Crippen molar-refractivity contribution in [3.8, 4) is 11.5 Å². The highest BCUT2D eigenvalue weighted by Gasteiger charge is 2.25. The summed E-state index contributed by atoms with van der Waals surface area (Å²) in [6.07, 6.45) is 6.30. The Labute approximate surface area is 256 Å². The monoisotopic (exact) mass is 605 g/mol. The zero-order chi connectivity index (χ0) is 30.5. The molecule has 3 N–H and O–H groups in total. The smallest absolute Gasteiger partial charge is 0.251 e. The third kappa shape index (κ3) is 7.54. The lowest BCUT2D eigenvalue weighted by molar-refractivity contribution is -0.111. The zero-order valence-corrected chi connectivity index (χ0v) is 25.3. The van der Waals surface area contributed by atoms with E-state index in [2.05, 4.69) is 55.4 Å². The minimum Gasteiger partial charge on any atom is -0.495 e. The molecule has 1 aromatic heterocycles. The Morgan fingerprint density at radius 1 is 1.12 bits per heavy atom. The first-order valence-corrected chi connectivity index (χ1v) is 14.5. The first kappa shape index (κ1) is 30.1. The molecular formula is C31H36ClN7O4. The summed E-state index contributed by atoms with van der Waals surface area (Å²) in [5.74, 6) is 0.652. The van der Waals surface area contributed by atoms with Gasteiger partial charge in [0.15, 0.2) is 5.75 Å². The normalized spacial score (nSPS) is 15.0. The van der Waals surface area contributed by atoms with E-state index in [1.165, 1.54) is 13.2 Å². The Morgan fingerprint density at radius 2 is 1.84 bits per heavy atom. The molecule has 0 atom stereocenters. The second kappa shape index (κ2) is 13.3. The number of aromatic nitrogens is 2. The highest BCUT2D eigenvalue weighted by molar-refractivity contribution is 6.33. The zero-order valence-electron chi connectivity index (χ0n) is 24.6. The first-order chi connectivity index (χ1) is 20.7. The molecule has 5 rings (SSSR count). The number of hydrogen-bond acceptors (Lipinski definition) is 9. The molecule has 0 radical (unpaired) electrons. The quantitative estimate of drug-likeness (QED) is 0.271. The van der Waals surface area contributed by atoms with Gasteiger partial charge in [0, 0.05) is 49.0 Å². The van der Waals surface area contributed by atoms with Gasteiger partial charge in [0.25, 0.3) is 5.91 Å². The van der Waals surface area contributed by atoms with Crippen LogP contribution in [0.2, 0.25) is 5.02 Å². The summed E-state index contributed by atoms with van der Waals surface area (Å²) in [7, 11) is 3.62. The summed E-state index contributed by atoms with van der Waals surface area (Å²) in [4.78, 5) is 38.3. The molecule has 1 aliphatic carbocycles. The number of nitrogens with one attached hydrogen (secondary N) is 3. The van der Waals surface area contributed by atoms with Crippen molar-refractivity contribution in [1.82, 2.24) is 20.2 Å². The van der Waals surface area contributed by atoms with Gasteiger partial charge in [-0.1, -0.05) is 18.2 Å². The van der Waals surface area contributed by atoms with E-state index >= 15 is 0 Å². The molecule has 0 unspecified atom stereocenters. The molecule has 2 fully saturated rings. The van der Waals surface area contributed by atoms with Gasteiger partial charge in [-0.05, 0) is 62.7 Å². The van der Waals surface area contributed by atoms with E-state index in [1.54, 1.807) is 24.5 Å². The molecule has 2 heterocycles. The second-order valence-electron chi connectivity index (χ2n) is 10.7. The van der Waals surface area contributed by atoms with Crippen LogP contribution in [0.4, 0.5) is 23.0 Å². The second-order valence-corrected chi connectivity index (χ2v) is 11.1. The van der Waals surface area contributed by atoms with Crippen LogP contribution in [-0.2, 0) is 11.4 Å². The van der Waals surface area contributed by atoms with Gasteiger partial charge in [-0.25, -0.2) is 9.97 Å². The molecule has 0 spiro atoms. The van der Waals surface area contributed by atoms with Gasteiger partial charge in [-0.2, -0.15) is 0 Å². The van der Waals surface area contributed by atoms with Crippen LogP contribution in [0, 0.1) is 6.92 Å². The van der Waals surface area contributed by atoms with Gasteiger partial charge in [0.05, 0.1) is 35.9 Å². The fourth-order valence-electron chi connectivity index (χ4n) is 4.73. The molecule has 2 amide bonds. The lowest BCUT2D eigenvalue weighted by Gasteiger charge is -2.34. The largest absolute Gasteiger partial charge is 0.495 e. The summed E-state index contributed by atoms with van der Waals surface area (Å²) in [6.45, 7) is 9.38. The summed E-state index contributed by atoms with van der Waals surface area (Å²) in [5.41, 5.74) is 4.30. The number of anilines is 4. The van der Waals surface area contributed by atoms with Gasteiger partial charge in [0.2, 0.25) is 11.9 Å². The van der Waals surface area contributed by atoms with Crippen LogP contribution in [0.25, 0.3) is 0 Å². The van der Waals surface area contributed by atoms with Crippen molar-refractivity contribution < 1.29 is 19.1 Å². The molecule has 1 aliphatic heterocycles. The fourth-order valence-corrected chi connectivity index (χ4v) is 4.97. The van der Waals surface area contributed by atoms with Crippen LogP contribution >= 0.6 is 11.6 Å². The van der Waals surface area contributed by atoms with Crippen molar-refractivity contribution in [2.24, 2.45) is 0 Å². The maximum Gasteiger partial charge on any atom is 0.251 e. The van der Waals surface area contributed by atoms with Crippen molar-refractivity contribution >= 4 is 46.4 Å². The summed E-state index contributed by atoms with van der Waals surface area (Å²) >= 11 is 6.51. The number of benzene rings is 2. The molecule has 2 aromatic carbocycles. The van der Waals surface area contributed by atoms with Gasteiger partial charge >= 0.3 is 0 Å². The highest BCUT2D eigenvalue weighted by atomic mass is 35.5. The summed E-state index contributed by atoms with van der Waals surface area (Å²) < 4.78 is 11.3. The van der Waals surface area contributed by atoms with Crippen LogP contribution in [0.1, 0.15) is 34.3 Å². The number of rotatable bonds is 11. The van der Waals surface area contributed by atoms with E-state index in [0.29, 0.717) is 45.0 Å². The number of ether oxygens (including phenoxy) is 2. The van der Waals surface area contributed by atoms with Crippen molar-refractivity contribution in [3.63, 3.8) is 0 Å². The average Bonchev–Trinajstić information content (AvgIpc) is 3.83. The molecule has 11 nitrogen and oxygen atoms in total. The number of carbonyl (C=O) groups is 2. The van der Waals surface area contributed by atoms with Crippen LogP contribution in [0.5, 0.6) is 11.5 Å². The lowest BCUT2D eigenvalue weighted by atomic mass is 10.1. The average molecular weight is 606 g/mol. The van der Waals surface area contributed by atoms with Gasteiger partial charge in [-0.15, -0.1) is 0 Å². The minimum atomic E-state index is -0.313. The number of carbonyl (C=O) groups excluding carboxylic acids is 2. The van der Waals surface area contributed by atoms with E-state index in [-0.39, 0.29) is 24.5 Å². The molecule has 3 aromatic rings. The van der Waals surface area contributed by atoms with Crippen molar-refractivity contribution in [1.29, 1.82) is 0 Å². The van der Waals surface area contributed by atoms with Gasteiger partial charge < -0.3 is 35.2 Å². The fraction of sp³-hybridized carbons (Fsp3) is 0.355.